The molecule has 4 nitrogen and oxygen atoms in total. The van der Waals surface area contributed by atoms with Gasteiger partial charge in [-0.1, -0.05) is 24.3 Å². The van der Waals surface area contributed by atoms with Crippen molar-refractivity contribution in [3.63, 3.8) is 0 Å². The number of hydrogen-bond donors (Lipinski definition) is 2. The number of rotatable bonds is 2. The fourth-order valence-electron chi connectivity index (χ4n) is 1.80. The van der Waals surface area contributed by atoms with E-state index in [2.05, 4.69) is 10.5 Å². The molecule has 0 aliphatic rings. The molecule has 1 heterocycles. The molecule has 3 N–H and O–H groups in total. The normalized spacial score (nSPS) is 10.6. The Morgan fingerprint density at radius 2 is 1.82 bits per heavy atom. The maximum absolute atomic E-state index is 5.88. The van der Waals surface area contributed by atoms with E-state index < -0.39 is 0 Å². The van der Waals surface area contributed by atoms with E-state index in [1.807, 2.05) is 48.5 Å². The van der Waals surface area contributed by atoms with Gasteiger partial charge in [0.1, 0.15) is 0 Å². The van der Waals surface area contributed by atoms with E-state index in [0.717, 1.165) is 22.3 Å². The average Bonchev–Trinajstić information content (AvgIpc) is 2.76. The summed E-state index contributed by atoms with van der Waals surface area (Å²) in [6.45, 7) is 0. The smallest absolute Gasteiger partial charge is 0.0943 e. The zero-order chi connectivity index (χ0) is 11.7. The first-order valence-electron chi connectivity index (χ1n) is 5.39. The van der Waals surface area contributed by atoms with Crippen molar-refractivity contribution in [1.29, 1.82) is 0 Å². The Labute approximate surface area is 98.6 Å². The van der Waals surface area contributed by atoms with Gasteiger partial charge in [0.05, 0.1) is 17.4 Å². The topological polar surface area (TPSA) is 55.9 Å². The van der Waals surface area contributed by atoms with Gasteiger partial charge in [-0.25, -0.2) is 0 Å². The highest BCUT2D eigenvalue weighted by Gasteiger charge is 2.04. The summed E-state index contributed by atoms with van der Waals surface area (Å²) >= 11 is 0. The molecule has 0 aliphatic carbocycles. The lowest BCUT2D eigenvalue weighted by Gasteiger charge is -2.07. The van der Waals surface area contributed by atoms with E-state index in [0.29, 0.717) is 0 Å². The van der Waals surface area contributed by atoms with Crippen LogP contribution in [-0.2, 0) is 0 Å². The van der Waals surface area contributed by atoms with Gasteiger partial charge < -0.3 is 5.73 Å². The van der Waals surface area contributed by atoms with Gasteiger partial charge in [-0.2, -0.15) is 9.89 Å². The zero-order valence-electron chi connectivity index (χ0n) is 9.17. The molecule has 0 unspecified atom stereocenters. The van der Waals surface area contributed by atoms with E-state index >= 15 is 0 Å². The van der Waals surface area contributed by atoms with Crippen molar-refractivity contribution >= 4 is 22.3 Å². The third kappa shape index (κ3) is 1.69. The number of nitrogens with one attached hydrogen (secondary N) is 1. The van der Waals surface area contributed by atoms with Gasteiger partial charge in [0.15, 0.2) is 0 Å². The number of benzene rings is 2. The molecule has 0 saturated carbocycles. The van der Waals surface area contributed by atoms with Crippen LogP contribution in [0.15, 0.2) is 54.7 Å². The summed E-state index contributed by atoms with van der Waals surface area (Å²) in [7, 11) is 0. The van der Waals surface area contributed by atoms with Crippen LogP contribution in [0, 0.1) is 0 Å². The Hall–Kier alpha value is -2.49. The molecule has 4 heteroatoms. The maximum Gasteiger partial charge on any atom is 0.0943 e. The minimum absolute atomic E-state index is 0.739. The number of para-hydroxylation sites is 1. The lowest BCUT2D eigenvalue weighted by molar-refractivity contribution is 0.833. The first kappa shape index (κ1) is 9.72. The average molecular weight is 224 g/mol. The molecule has 0 radical (unpaired) electrons. The van der Waals surface area contributed by atoms with Crippen LogP contribution in [0.2, 0.25) is 0 Å². The molecular weight excluding hydrogens is 212 g/mol. The van der Waals surface area contributed by atoms with Gasteiger partial charge in [0.2, 0.25) is 0 Å². The van der Waals surface area contributed by atoms with Crippen molar-refractivity contribution in [2.75, 3.05) is 11.2 Å². The minimum Gasteiger partial charge on any atom is -0.398 e. The lowest BCUT2D eigenvalue weighted by atomic mass is 10.2. The van der Waals surface area contributed by atoms with Crippen molar-refractivity contribution in [2.45, 2.75) is 0 Å². The molecule has 0 bridgehead atoms. The highest BCUT2D eigenvalue weighted by Crippen LogP contribution is 2.20. The molecule has 0 atom stereocenters. The van der Waals surface area contributed by atoms with Crippen molar-refractivity contribution in [2.24, 2.45) is 0 Å². The van der Waals surface area contributed by atoms with Gasteiger partial charge in [-0.15, -0.1) is 0 Å². The summed E-state index contributed by atoms with van der Waals surface area (Å²) in [6, 6.07) is 15.7. The Balaban J connectivity index is 2.05. The highest BCUT2D eigenvalue weighted by atomic mass is 15.6. The Bertz CT molecular complexity index is 643. The maximum atomic E-state index is 5.88. The second-order valence-corrected chi connectivity index (χ2v) is 3.81. The molecule has 0 saturated heterocycles. The molecule has 0 spiro atoms. The van der Waals surface area contributed by atoms with Crippen molar-refractivity contribution in [3.05, 3.63) is 54.7 Å². The molecule has 17 heavy (non-hydrogen) atoms. The number of nitrogens with zero attached hydrogens (tertiary/aromatic N) is 2. The summed E-state index contributed by atoms with van der Waals surface area (Å²) in [5.74, 6) is 0. The zero-order valence-corrected chi connectivity index (χ0v) is 9.17. The quantitative estimate of drug-likeness (QED) is 0.657. The van der Waals surface area contributed by atoms with Crippen LogP contribution in [0.3, 0.4) is 0 Å². The van der Waals surface area contributed by atoms with E-state index in [1.165, 1.54) is 0 Å². The lowest BCUT2D eigenvalue weighted by Crippen LogP contribution is -2.10. The van der Waals surface area contributed by atoms with Crippen molar-refractivity contribution in [1.82, 2.24) is 9.89 Å². The Morgan fingerprint density at radius 1 is 1.00 bits per heavy atom. The largest absolute Gasteiger partial charge is 0.398 e. The first-order valence-corrected chi connectivity index (χ1v) is 5.39. The highest BCUT2D eigenvalue weighted by molar-refractivity contribution is 5.90. The number of nitrogen functional groups attached to an aromatic ring is 1. The van der Waals surface area contributed by atoms with E-state index in [-0.39, 0.29) is 0 Å². The molecule has 1 aromatic heterocycles. The molecule has 3 rings (SSSR count). The van der Waals surface area contributed by atoms with E-state index in [9.17, 15) is 0 Å². The fourth-order valence-corrected chi connectivity index (χ4v) is 1.80. The second kappa shape index (κ2) is 3.83. The summed E-state index contributed by atoms with van der Waals surface area (Å²) in [4.78, 5) is 1.72. The van der Waals surface area contributed by atoms with Crippen LogP contribution in [0.1, 0.15) is 0 Å². The minimum atomic E-state index is 0.739. The molecule has 84 valence electrons. The second-order valence-electron chi connectivity index (χ2n) is 3.81. The van der Waals surface area contributed by atoms with Crippen LogP contribution >= 0.6 is 0 Å². The third-order valence-corrected chi connectivity index (χ3v) is 2.66. The SMILES string of the molecule is Nc1cccc2c1cnn2Nc1ccccc1. The Morgan fingerprint density at radius 3 is 2.65 bits per heavy atom. The van der Waals surface area contributed by atoms with Crippen molar-refractivity contribution in [3.8, 4) is 0 Å². The predicted octanol–water partition coefficient (Wildman–Crippen LogP) is 2.49. The summed E-state index contributed by atoms with van der Waals surface area (Å²) in [5, 5.41) is 5.23. The molecule has 0 fully saturated rings. The van der Waals surface area contributed by atoms with E-state index in [1.54, 1.807) is 11.0 Å². The van der Waals surface area contributed by atoms with Crippen LogP contribution in [0.25, 0.3) is 10.9 Å². The number of hydrogen-bond acceptors (Lipinski definition) is 3. The monoisotopic (exact) mass is 224 g/mol. The molecule has 3 aromatic rings. The van der Waals surface area contributed by atoms with Crippen LogP contribution in [0.5, 0.6) is 0 Å². The molecule has 2 aromatic carbocycles. The van der Waals surface area contributed by atoms with Crippen LogP contribution < -0.4 is 11.2 Å². The van der Waals surface area contributed by atoms with Crippen molar-refractivity contribution < 1.29 is 0 Å². The van der Waals surface area contributed by atoms with Gasteiger partial charge in [-0.05, 0) is 24.3 Å². The van der Waals surface area contributed by atoms with Gasteiger partial charge in [0.25, 0.3) is 0 Å². The number of aromatic nitrogens is 2. The van der Waals surface area contributed by atoms with Gasteiger partial charge in [0, 0.05) is 11.1 Å². The Kier molecular flexibility index (Phi) is 2.19. The summed E-state index contributed by atoms with van der Waals surface area (Å²) < 4.78 is 0. The number of nitrogens with two attached hydrogens (primary N) is 1. The molecule has 0 aliphatic heterocycles. The third-order valence-electron chi connectivity index (χ3n) is 2.66. The standard InChI is InChI=1S/C13H12N4/c14-12-7-4-8-13-11(12)9-15-17(13)16-10-5-2-1-3-6-10/h1-9,16H,14H2. The fraction of sp³-hybridized carbons (Fsp3) is 0. The van der Waals surface area contributed by atoms with Gasteiger partial charge >= 0.3 is 0 Å². The van der Waals surface area contributed by atoms with E-state index in [4.69, 9.17) is 5.73 Å². The van der Waals surface area contributed by atoms with Crippen LogP contribution in [0.4, 0.5) is 11.4 Å². The van der Waals surface area contributed by atoms with Gasteiger partial charge in [-0.3, -0.25) is 5.43 Å². The summed E-state index contributed by atoms with van der Waals surface area (Å²) in [5.41, 5.74) is 11.8. The number of anilines is 2. The van der Waals surface area contributed by atoms with Crippen LogP contribution in [-0.4, -0.2) is 9.89 Å². The summed E-state index contributed by atoms with van der Waals surface area (Å²) in [6.07, 6.45) is 1.76. The number of fused-ring (bicyclic) bond motifs is 1. The predicted molar refractivity (Wildman–Crippen MR) is 69.6 cm³/mol. The molecular formula is C13H12N4. The molecule has 0 amide bonds. The first-order chi connectivity index (χ1) is 8.34.